The van der Waals surface area contributed by atoms with Crippen molar-refractivity contribution < 1.29 is 9.21 Å². The van der Waals surface area contributed by atoms with Crippen molar-refractivity contribution in [2.24, 2.45) is 5.41 Å². The Labute approximate surface area is 148 Å². The predicted octanol–water partition coefficient (Wildman–Crippen LogP) is 2.76. The molecule has 25 heavy (non-hydrogen) atoms. The van der Waals surface area contributed by atoms with Crippen molar-refractivity contribution in [1.29, 1.82) is 0 Å². The molecule has 2 aromatic heterocycles. The molecule has 134 valence electrons. The molecule has 2 bridgehead atoms. The fourth-order valence-electron chi connectivity index (χ4n) is 4.81. The van der Waals surface area contributed by atoms with Crippen molar-refractivity contribution in [2.45, 2.75) is 64.7 Å². The number of aromatic nitrogens is 2. The number of nitrogens with zero attached hydrogens (tertiary/aromatic N) is 2. The molecule has 0 spiro atoms. The van der Waals surface area contributed by atoms with Crippen molar-refractivity contribution in [1.82, 2.24) is 20.4 Å². The summed E-state index contributed by atoms with van der Waals surface area (Å²) in [6, 6.07) is 6.74. The van der Waals surface area contributed by atoms with E-state index < -0.39 is 0 Å². The van der Waals surface area contributed by atoms with Crippen LogP contribution in [0.4, 0.5) is 0 Å². The third-order valence-electron chi connectivity index (χ3n) is 6.10. The van der Waals surface area contributed by atoms with Crippen molar-refractivity contribution in [3.05, 3.63) is 41.6 Å². The van der Waals surface area contributed by atoms with Crippen LogP contribution in [0.1, 0.15) is 49.8 Å². The zero-order chi connectivity index (χ0) is 17.4. The number of nitrogens with one attached hydrogen (secondary N) is 2. The summed E-state index contributed by atoms with van der Waals surface area (Å²) in [7, 11) is 0. The van der Waals surface area contributed by atoms with Gasteiger partial charge in [-0.3, -0.25) is 14.8 Å². The normalized spacial score (nSPS) is 28.6. The molecule has 2 N–H and O–H groups in total. The minimum atomic E-state index is -0.287. The Bertz CT molecular complexity index is 738. The Balaban J connectivity index is 1.49. The predicted molar refractivity (Wildman–Crippen MR) is 93.6 cm³/mol. The molecule has 2 aliphatic rings. The van der Waals surface area contributed by atoms with E-state index in [0.29, 0.717) is 18.6 Å². The van der Waals surface area contributed by atoms with Crippen LogP contribution in [0.2, 0.25) is 0 Å². The number of carbonyl (C=O) groups is 1. The Hall–Kier alpha value is -2.08. The largest absolute Gasteiger partial charge is 0.465 e. The second-order valence-corrected chi connectivity index (χ2v) is 7.41. The van der Waals surface area contributed by atoms with Crippen molar-refractivity contribution >= 4 is 5.91 Å². The summed E-state index contributed by atoms with van der Waals surface area (Å²) in [6.07, 6.45) is 5.80. The first-order valence-electron chi connectivity index (χ1n) is 9.20. The van der Waals surface area contributed by atoms with Gasteiger partial charge in [0.15, 0.2) is 0 Å². The van der Waals surface area contributed by atoms with Gasteiger partial charge in [0.05, 0.1) is 24.2 Å². The first kappa shape index (κ1) is 16.4. The lowest BCUT2D eigenvalue weighted by Crippen LogP contribution is -2.48. The van der Waals surface area contributed by atoms with Crippen molar-refractivity contribution in [2.75, 3.05) is 0 Å². The number of hydrogen-bond donors (Lipinski definition) is 2. The highest BCUT2D eigenvalue weighted by Gasteiger charge is 2.58. The number of aromatic amines is 1. The number of amides is 1. The molecular weight excluding hydrogens is 316 g/mol. The van der Waals surface area contributed by atoms with Gasteiger partial charge < -0.3 is 9.73 Å². The quantitative estimate of drug-likeness (QED) is 0.846. The topological polar surface area (TPSA) is 74.2 Å². The highest BCUT2D eigenvalue weighted by atomic mass is 16.3. The summed E-state index contributed by atoms with van der Waals surface area (Å²) < 4.78 is 5.78. The number of aryl methyl sites for hydroxylation is 1. The maximum absolute atomic E-state index is 13.1. The van der Waals surface area contributed by atoms with Gasteiger partial charge in [-0.25, -0.2) is 0 Å². The van der Waals surface area contributed by atoms with Gasteiger partial charge >= 0.3 is 0 Å². The number of fused-ring (bicyclic) bond motifs is 2. The van der Waals surface area contributed by atoms with E-state index in [1.807, 2.05) is 19.1 Å². The van der Waals surface area contributed by atoms with E-state index in [0.717, 1.165) is 43.0 Å². The van der Waals surface area contributed by atoms with Crippen molar-refractivity contribution in [3.63, 3.8) is 0 Å². The van der Waals surface area contributed by atoms with Crippen LogP contribution >= 0.6 is 0 Å². The summed E-state index contributed by atoms with van der Waals surface area (Å²) in [4.78, 5) is 15.6. The number of H-pyrrole nitrogens is 1. The third-order valence-corrected chi connectivity index (χ3v) is 6.10. The Kier molecular flexibility index (Phi) is 4.15. The SMILES string of the molecule is CC[C@@]1(C(=O)NCc2ccn[nH]2)C[C@@H]2CC[C@H]1N2Cc1ccc(C)o1. The zero-order valence-corrected chi connectivity index (χ0v) is 14.9. The molecule has 4 heterocycles. The lowest BCUT2D eigenvalue weighted by Gasteiger charge is -2.35. The molecule has 0 aromatic carbocycles. The molecule has 6 nitrogen and oxygen atoms in total. The lowest BCUT2D eigenvalue weighted by molar-refractivity contribution is -0.133. The monoisotopic (exact) mass is 342 g/mol. The van der Waals surface area contributed by atoms with E-state index >= 15 is 0 Å². The highest BCUT2D eigenvalue weighted by Crippen LogP contribution is 2.52. The van der Waals surface area contributed by atoms with Gasteiger partial charge in [0.2, 0.25) is 5.91 Å². The maximum atomic E-state index is 13.1. The third kappa shape index (κ3) is 2.78. The average molecular weight is 342 g/mol. The number of rotatable bonds is 6. The summed E-state index contributed by atoms with van der Waals surface area (Å²) in [5.41, 5.74) is 0.649. The second-order valence-electron chi connectivity index (χ2n) is 7.41. The van der Waals surface area contributed by atoms with E-state index in [1.165, 1.54) is 6.42 Å². The minimum Gasteiger partial charge on any atom is -0.465 e. The molecule has 2 aliphatic heterocycles. The summed E-state index contributed by atoms with van der Waals surface area (Å²) in [6.45, 7) is 5.43. The van der Waals surface area contributed by atoms with Crippen LogP contribution in [0.3, 0.4) is 0 Å². The molecule has 0 saturated carbocycles. The van der Waals surface area contributed by atoms with Gasteiger partial charge in [-0.15, -0.1) is 0 Å². The van der Waals surface area contributed by atoms with Crippen LogP contribution in [0.15, 0.2) is 28.8 Å². The Morgan fingerprint density at radius 3 is 3.00 bits per heavy atom. The van der Waals surface area contributed by atoms with Crippen molar-refractivity contribution in [3.8, 4) is 0 Å². The van der Waals surface area contributed by atoms with E-state index in [4.69, 9.17) is 4.42 Å². The summed E-state index contributed by atoms with van der Waals surface area (Å²) >= 11 is 0. The molecule has 2 aromatic rings. The fourth-order valence-corrected chi connectivity index (χ4v) is 4.81. The minimum absolute atomic E-state index is 0.178. The Morgan fingerprint density at radius 1 is 1.44 bits per heavy atom. The van der Waals surface area contributed by atoms with Crippen LogP contribution in [0.5, 0.6) is 0 Å². The molecule has 2 saturated heterocycles. The summed E-state index contributed by atoms with van der Waals surface area (Å²) in [5.74, 6) is 2.12. The molecule has 3 atom stereocenters. The fraction of sp³-hybridized carbons (Fsp3) is 0.579. The molecule has 6 heteroatoms. The Morgan fingerprint density at radius 2 is 2.32 bits per heavy atom. The maximum Gasteiger partial charge on any atom is 0.228 e. The highest BCUT2D eigenvalue weighted by molar-refractivity contribution is 5.84. The lowest BCUT2D eigenvalue weighted by atomic mass is 9.71. The molecule has 0 aliphatic carbocycles. The average Bonchev–Trinajstić information content (AvgIpc) is 3.39. The van der Waals surface area contributed by atoms with Gasteiger partial charge in [0, 0.05) is 18.3 Å². The van der Waals surface area contributed by atoms with E-state index in [1.54, 1.807) is 6.20 Å². The van der Waals surface area contributed by atoms with Crippen LogP contribution in [0, 0.1) is 12.3 Å². The first-order valence-corrected chi connectivity index (χ1v) is 9.20. The van der Waals surface area contributed by atoms with Crippen LogP contribution < -0.4 is 5.32 Å². The first-order chi connectivity index (χ1) is 12.1. The van der Waals surface area contributed by atoms with E-state index in [9.17, 15) is 4.79 Å². The van der Waals surface area contributed by atoms with E-state index in [2.05, 4.69) is 33.4 Å². The van der Waals surface area contributed by atoms with Gasteiger partial charge in [0.25, 0.3) is 0 Å². The van der Waals surface area contributed by atoms with Gasteiger partial charge in [-0.1, -0.05) is 6.92 Å². The molecule has 2 fully saturated rings. The smallest absolute Gasteiger partial charge is 0.228 e. The molecule has 0 radical (unpaired) electrons. The zero-order valence-electron chi connectivity index (χ0n) is 14.9. The van der Waals surface area contributed by atoms with Gasteiger partial charge in [-0.05, 0) is 50.8 Å². The van der Waals surface area contributed by atoms with Crippen LogP contribution in [0.25, 0.3) is 0 Å². The summed E-state index contributed by atoms with van der Waals surface area (Å²) in [5, 5.41) is 9.97. The number of furan rings is 1. The standard InChI is InChI=1S/C19H26N4O2/c1-3-19(18(24)20-11-14-8-9-21-22-14)10-15-5-7-17(19)23(15)12-16-6-4-13(2)25-16/h4,6,8-9,15,17H,3,5,7,10-12H2,1-2H3,(H,20,24)(H,21,22)/t15-,17+,19+/m0/s1. The van der Waals surface area contributed by atoms with Gasteiger partial charge in [0.1, 0.15) is 11.5 Å². The second kappa shape index (κ2) is 6.33. The van der Waals surface area contributed by atoms with E-state index in [-0.39, 0.29) is 11.3 Å². The van der Waals surface area contributed by atoms with Gasteiger partial charge in [-0.2, -0.15) is 5.10 Å². The molecule has 0 unspecified atom stereocenters. The molecular formula is C19H26N4O2. The molecule has 4 rings (SSSR count). The molecule has 1 amide bonds. The number of hydrogen-bond acceptors (Lipinski definition) is 4. The van der Waals surface area contributed by atoms with Crippen LogP contribution in [-0.4, -0.2) is 33.1 Å². The van der Waals surface area contributed by atoms with Crippen LogP contribution in [-0.2, 0) is 17.9 Å². The number of carbonyl (C=O) groups excluding carboxylic acids is 1.